The Balaban J connectivity index is 0.000000186. The van der Waals surface area contributed by atoms with Gasteiger partial charge in [0.1, 0.15) is 5.82 Å². The molecule has 1 N–H and O–H groups in total. The lowest BCUT2D eigenvalue weighted by atomic mass is 9.91. The largest absolute Gasteiger partial charge is 0.386 e. The van der Waals surface area contributed by atoms with Crippen LogP contribution in [0.1, 0.15) is 30.4 Å². The molecule has 0 atom stereocenters. The van der Waals surface area contributed by atoms with Crippen molar-refractivity contribution >= 4 is 29.1 Å². The molecule has 0 aliphatic heterocycles. The van der Waals surface area contributed by atoms with Gasteiger partial charge in [-0.25, -0.2) is 4.39 Å². The number of halogens is 2. The van der Waals surface area contributed by atoms with Gasteiger partial charge in [-0.05, 0) is 61.6 Å². The SMILES string of the molecule is CNc1cc(C)c(Cl)cc1F.O=[N+]([O-])c1ccc(C=C2CCC2)cc1. The summed E-state index contributed by atoms with van der Waals surface area (Å²) in [5.41, 5.74) is 4.01. The summed E-state index contributed by atoms with van der Waals surface area (Å²) < 4.78 is 12.9. The maximum Gasteiger partial charge on any atom is 0.269 e. The number of hydrogen-bond acceptors (Lipinski definition) is 3. The van der Waals surface area contributed by atoms with Gasteiger partial charge >= 0.3 is 0 Å². The average Bonchev–Trinajstić information content (AvgIpc) is 2.55. The van der Waals surface area contributed by atoms with Crippen molar-refractivity contribution in [3.63, 3.8) is 0 Å². The molecule has 132 valence electrons. The maximum atomic E-state index is 12.9. The molecule has 0 amide bonds. The molecule has 0 aromatic heterocycles. The van der Waals surface area contributed by atoms with Crippen LogP contribution in [-0.4, -0.2) is 12.0 Å². The molecule has 1 aliphatic carbocycles. The van der Waals surface area contributed by atoms with E-state index in [2.05, 4.69) is 11.4 Å². The first-order chi connectivity index (χ1) is 11.9. The molecule has 0 spiro atoms. The monoisotopic (exact) mass is 362 g/mol. The number of benzene rings is 2. The van der Waals surface area contributed by atoms with Crippen LogP contribution in [0.4, 0.5) is 15.8 Å². The van der Waals surface area contributed by atoms with Crippen molar-refractivity contribution in [3.05, 3.63) is 74.1 Å². The molecule has 1 aliphatic rings. The number of nitro benzene ring substituents is 1. The molecule has 1 saturated carbocycles. The summed E-state index contributed by atoms with van der Waals surface area (Å²) >= 11 is 5.68. The highest BCUT2D eigenvalue weighted by atomic mass is 35.5. The molecule has 3 rings (SSSR count). The van der Waals surface area contributed by atoms with E-state index in [4.69, 9.17) is 11.6 Å². The van der Waals surface area contributed by atoms with Gasteiger partial charge in [-0.15, -0.1) is 0 Å². The Hall–Kier alpha value is -2.40. The van der Waals surface area contributed by atoms with Crippen molar-refractivity contribution in [1.82, 2.24) is 0 Å². The quantitative estimate of drug-likeness (QED) is 0.538. The second-order valence-electron chi connectivity index (χ2n) is 5.84. The number of allylic oxidation sites excluding steroid dienone is 1. The summed E-state index contributed by atoms with van der Waals surface area (Å²) in [7, 11) is 1.67. The number of aryl methyl sites for hydroxylation is 1. The highest BCUT2D eigenvalue weighted by molar-refractivity contribution is 6.31. The Labute approximate surface area is 151 Å². The van der Waals surface area contributed by atoms with Crippen molar-refractivity contribution in [2.45, 2.75) is 26.2 Å². The van der Waals surface area contributed by atoms with Gasteiger partial charge in [0.15, 0.2) is 0 Å². The fraction of sp³-hybridized carbons (Fsp3) is 0.263. The van der Waals surface area contributed by atoms with Gasteiger partial charge < -0.3 is 5.32 Å². The van der Waals surface area contributed by atoms with Gasteiger partial charge in [-0.3, -0.25) is 10.1 Å². The van der Waals surface area contributed by atoms with Crippen molar-refractivity contribution < 1.29 is 9.31 Å². The van der Waals surface area contributed by atoms with Gasteiger partial charge in [0, 0.05) is 24.2 Å². The summed E-state index contributed by atoms with van der Waals surface area (Å²) in [6.07, 6.45) is 5.75. The molecule has 0 heterocycles. The van der Waals surface area contributed by atoms with E-state index < -0.39 is 0 Å². The van der Waals surface area contributed by atoms with E-state index in [-0.39, 0.29) is 16.4 Å². The number of nitrogens with zero attached hydrogens (tertiary/aromatic N) is 1. The Kier molecular flexibility index (Phi) is 6.53. The van der Waals surface area contributed by atoms with E-state index in [1.807, 2.05) is 6.92 Å². The zero-order valence-electron chi connectivity index (χ0n) is 14.2. The van der Waals surface area contributed by atoms with E-state index in [0.717, 1.165) is 11.1 Å². The first-order valence-corrected chi connectivity index (χ1v) is 8.36. The molecule has 0 unspecified atom stereocenters. The van der Waals surface area contributed by atoms with E-state index >= 15 is 0 Å². The van der Waals surface area contributed by atoms with Crippen molar-refractivity contribution in [2.75, 3.05) is 12.4 Å². The van der Waals surface area contributed by atoms with E-state index in [1.54, 1.807) is 37.4 Å². The molecule has 0 radical (unpaired) electrons. The molecule has 2 aromatic rings. The lowest BCUT2D eigenvalue weighted by Gasteiger charge is -2.15. The van der Waals surface area contributed by atoms with Crippen LogP contribution in [0, 0.1) is 22.9 Å². The zero-order chi connectivity index (χ0) is 18.4. The minimum atomic E-state index is -0.375. The van der Waals surface area contributed by atoms with Crippen molar-refractivity contribution in [2.24, 2.45) is 0 Å². The Morgan fingerprint density at radius 3 is 2.36 bits per heavy atom. The van der Waals surface area contributed by atoms with Crippen molar-refractivity contribution in [1.29, 1.82) is 0 Å². The van der Waals surface area contributed by atoms with Crippen LogP contribution in [0.3, 0.4) is 0 Å². The van der Waals surface area contributed by atoms with Gasteiger partial charge in [0.2, 0.25) is 0 Å². The molecule has 4 nitrogen and oxygen atoms in total. The van der Waals surface area contributed by atoms with Gasteiger partial charge in [0.25, 0.3) is 5.69 Å². The molecule has 0 bridgehead atoms. The number of hydrogen-bond donors (Lipinski definition) is 1. The molecule has 0 saturated heterocycles. The molecule has 1 fully saturated rings. The summed E-state index contributed by atoms with van der Waals surface area (Å²) in [5.74, 6) is -0.317. The maximum absolute atomic E-state index is 12.9. The highest BCUT2D eigenvalue weighted by Gasteiger charge is 2.08. The number of rotatable bonds is 3. The van der Waals surface area contributed by atoms with Gasteiger partial charge in [-0.1, -0.05) is 23.3 Å². The van der Waals surface area contributed by atoms with Crippen LogP contribution in [0.2, 0.25) is 5.02 Å². The molecular formula is C19H20ClFN2O2. The lowest BCUT2D eigenvalue weighted by Crippen LogP contribution is -1.95. The topological polar surface area (TPSA) is 55.2 Å². The fourth-order valence-electron chi connectivity index (χ4n) is 2.30. The van der Waals surface area contributed by atoms with Gasteiger partial charge in [0.05, 0.1) is 10.6 Å². The number of nitro groups is 1. The predicted molar refractivity (Wildman–Crippen MR) is 101 cm³/mol. The normalized spacial score (nSPS) is 12.6. The Bertz CT molecular complexity index is 783. The molecule has 25 heavy (non-hydrogen) atoms. The Morgan fingerprint density at radius 1 is 1.24 bits per heavy atom. The van der Waals surface area contributed by atoms with Crippen LogP contribution in [0.25, 0.3) is 6.08 Å². The summed E-state index contributed by atoms with van der Waals surface area (Å²) in [6.45, 7) is 1.84. The first-order valence-electron chi connectivity index (χ1n) is 7.98. The minimum Gasteiger partial charge on any atom is -0.386 e. The highest BCUT2D eigenvalue weighted by Crippen LogP contribution is 2.27. The van der Waals surface area contributed by atoms with E-state index in [1.165, 1.54) is 30.9 Å². The van der Waals surface area contributed by atoms with Crippen LogP contribution >= 0.6 is 11.6 Å². The van der Waals surface area contributed by atoms with E-state index in [0.29, 0.717) is 10.7 Å². The third kappa shape index (κ3) is 5.29. The van der Waals surface area contributed by atoms with Crippen LogP contribution in [0.15, 0.2) is 42.0 Å². The van der Waals surface area contributed by atoms with Crippen LogP contribution < -0.4 is 5.32 Å². The van der Waals surface area contributed by atoms with E-state index in [9.17, 15) is 14.5 Å². The third-order valence-electron chi connectivity index (χ3n) is 3.99. The lowest BCUT2D eigenvalue weighted by molar-refractivity contribution is -0.384. The smallest absolute Gasteiger partial charge is 0.269 e. The summed E-state index contributed by atoms with van der Waals surface area (Å²) in [5, 5.41) is 13.6. The second-order valence-corrected chi connectivity index (χ2v) is 6.24. The van der Waals surface area contributed by atoms with Gasteiger partial charge in [-0.2, -0.15) is 0 Å². The van der Waals surface area contributed by atoms with Crippen LogP contribution in [-0.2, 0) is 0 Å². The summed E-state index contributed by atoms with van der Waals surface area (Å²) in [6, 6.07) is 9.67. The third-order valence-corrected chi connectivity index (χ3v) is 4.40. The Morgan fingerprint density at radius 2 is 1.88 bits per heavy atom. The molecule has 2 aromatic carbocycles. The van der Waals surface area contributed by atoms with Crippen molar-refractivity contribution in [3.8, 4) is 0 Å². The minimum absolute atomic E-state index is 0.153. The fourth-order valence-corrected chi connectivity index (χ4v) is 2.45. The summed E-state index contributed by atoms with van der Waals surface area (Å²) in [4.78, 5) is 10.0. The zero-order valence-corrected chi connectivity index (χ0v) is 14.9. The standard InChI is InChI=1S/C11H11NO2.C8H9ClFN/c13-12(14)11-6-4-10(5-7-11)8-9-2-1-3-9;1-5-3-8(11-2)7(10)4-6(5)9/h4-8H,1-3H2;3-4,11H,1-2H3. The number of anilines is 1. The molecule has 6 heteroatoms. The first kappa shape index (κ1) is 18.9. The predicted octanol–water partition coefficient (Wildman–Crippen LogP) is 5.99. The van der Waals surface area contributed by atoms with Crippen LogP contribution in [0.5, 0.6) is 0 Å². The average molecular weight is 363 g/mol. The molecular weight excluding hydrogens is 343 g/mol. The number of non-ortho nitro benzene ring substituents is 1. The second kappa shape index (κ2) is 8.62. The number of nitrogens with one attached hydrogen (secondary N) is 1.